The van der Waals surface area contributed by atoms with E-state index in [4.69, 9.17) is 11.6 Å². The van der Waals surface area contributed by atoms with Gasteiger partial charge < -0.3 is 5.32 Å². The average molecular weight is 320 g/mol. The smallest absolute Gasteiger partial charge is 0.271 e. The van der Waals surface area contributed by atoms with Crippen LogP contribution in [-0.2, 0) is 10.0 Å². The van der Waals surface area contributed by atoms with Crippen LogP contribution in [0.3, 0.4) is 0 Å². The van der Waals surface area contributed by atoms with Crippen LogP contribution < -0.4 is 10.0 Å². The van der Waals surface area contributed by atoms with Crippen LogP contribution >= 0.6 is 11.6 Å². The van der Waals surface area contributed by atoms with Gasteiger partial charge in [-0.25, -0.2) is 8.42 Å². The van der Waals surface area contributed by atoms with Crippen molar-refractivity contribution in [1.29, 1.82) is 0 Å². The molecule has 1 heterocycles. The second kappa shape index (κ2) is 5.94. The molecule has 2 N–H and O–H groups in total. The fourth-order valence-electron chi connectivity index (χ4n) is 2.05. The highest BCUT2D eigenvalue weighted by molar-refractivity contribution is 7.93. The normalized spacial score (nSPS) is 16.9. The molecule has 0 saturated carbocycles. The number of hydrogen-bond acceptors (Lipinski definition) is 5. The Labute approximate surface area is 121 Å². The standard InChI is InChI=1S/C11H14ClN3O4S/c12-10-2-1-8(15(16)17)7-11(10)14-20(18,19)9-3-5-13-6-4-9/h1-2,7,9,13-14H,3-6H2. The summed E-state index contributed by atoms with van der Waals surface area (Å²) in [6.45, 7) is 1.27. The number of nitro benzene ring substituents is 1. The van der Waals surface area contributed by atoms with Crippen molar-refractivity contribution in [3.05, 3.63) is 33.3 Å². The fourth-order valence-corrected chi connectivity index (χ4v) is 3.77. The second-order valence-electron chi connectivity index (χ2n) is 4.52. The van der Waals surface area contributed by atoms with Gasteiger partial charge in [0.05, 0.1) is 20.9 Å². The Kier molecular flexibility index (Phi) is 4.46. The lowest BCUT2D eigenvalue weighted by molar-refractivity contribution is -0.384. The zero-order valence-corrected chi connectivity index (χ0v) is 12.1. The highest BCUT2D eigenvalue weighted by Crippen LogP contribution is 2.29. The zero-order valence-electron chi connectivity index (χ0n) is 10.5. The summed E-state index contributed by atoms with van der Waals surface area (Å²) < 4.78 is 26.8. The van der Waals surface area contributed by atoms with Crippen LogP contribution in [0.5, 0.6) is 0 Å². The first kappa shape index (κ1) is 15.0. The van der Waals surface area contributed by atoms with Crippen LogP contribution in [0.4, 0.5) is 11.4 Å². The van der Waals surface area contributed by atoms with E-state index >= 15 is 0 Å². The molecule has 2 rings (SSSR count). The summed E-state index contributed by atoms with van der Waals surface area (Å²) in [4.78, 5) is 10.1. The van der Waals surface area contributed by atoms with E-state index in [1.54, 1.807) is 0 Å². The van der Waals surface area contributed by atoms with Crippen LogP contribution in [-0.4, -0.2) is 31.7 Å². The monoisotopic (exact) mass is 319 g/mol. The number of halogens is 1. The Morgan fingerprint density at radius 2 is 2.00 bits per heavy atom. The maximum Gasteiger partial charge on any atom is 0.271 e. The van der Waals surface area contributed by atoms with Crippen LogP contribution in [0.2, 0.25) is 5.02 Å². The molecule has 0 bridgehead atoms. The van der Waals surface area contributed by atoms with E-state index in [9.17, 15) is 18.5 Å². The summed E-state index contributed by atoms with van der Waals surface area (Å²) in [6.07, 6.45) is 1.00. The van der Waals surface area contributed by atoms with E-state index < -0.39 is 20.2 Å². The number of hydrogen-bond donors (Lipinski definition) is 2. The lowest BCUT2D eigenvalue weighted by Crippen LogP contribution is -2.38. The minimum atomic E-state index is -3.60. The number of non-ortho nitro benzene ring substituents is 1. The van der Waals surface area contributed by atoms with Crippen molar-refractivity contribution in [3.63, 3.8) is 0 Å². The molecule has 1 aromatic rings. The van der Waals surface area contributed by atoms with Gasteiger partial charge in [-0.1, -0.05) is 11.6 Å². The molecule has 110 valence electrons. The quantitative estimate of drug-likeness (QED) is 0.650. The SMILES string of the molecule is O=[N+]([O-])c1ccc(Cl)c(NS(=O)(=O)C2CCNCC2)c1. The van der Waals surface area contributed by atoms with Gasteiger partial charge in [0.1, 0.15) is 0 Å². The van der Waals surface area contributed by atoms with E-state index in [0.29, 0.717) is 25.9 Å². The molecule has 1 aliphatic rings. The third-order valence-corrected chi connectivity index (χ3v) is 5.32. The molecule has 1 aromatic carbocycles. The summed E-state index contributed by atoms with van der Waals surface area (Å²) >= 11 is 5.88. The largest absolute Gasteiger partial charge is 0.317 e. The van der Waals surface area contributed by atoms with Crippen molar-refractivity contribution in [1.82, 2.24) is 5.32 Å². The first-order valence-electron chi connectivity index (χ1n) is 6.06. The molecule has 0 spiro atoms. The van der Waals surface area contributed by atoms with Gasteiger partial charge in [0, 0.05) is 12.1 Å². The summed E-state index contributed by atoms with van der Waals surface area (Å²) in [5.41, 5.74) is -0.170. The van der Waals surface area contributed by atoms with Gasteiger partial charge in [0.15, 0.2) is 0 Å². The molecule has 0 unspecified atom stereocenters. The minimum absolute atomic E-state index is 0.0411. The van der Waals surface area contributed by atoms with E-state index in [-0.39, 0.29) is 16.4 Å². The maximum absolute atomic E-state index is 12.2. The van der Waals surface area contributed by atoms with Gasteiger partial charge in [0.2, 0.25) is 10.0 Å². The lowest BCUT2D eigenvalue weighted by Gasteiger charge is -2.23. The highest BCUT2D eigenvalue weighted by atomic mass is 35.5. The van der Waals surface area contributed by atoms with Crippen molar-refractivity contribution in [2.45, 2.75) is 18.1 Å². The molecule has 9 heteroatoms. The Balaban J connectivity index is 2.24. The molecule has 1 aliphatic heterocycles. The number of nitro groups is 1. The third-order valence-electron chi connectivity index (χ3n) is 3.14. The van der Waals surface area contributed by atoms with Crippen molar-refractivity contribution in [2.75, 3.05) is 17.8 Å². The molecule has 1 saturated heterocycles. The third kappa shape index (κ3) is 3.38. The summed E-state index contributed by atoms with van der Waals surface area (Å²) in [7, 11) is -3.60. The minimum Gasteiger partial charge on any atom is -0.317 e. The Bertz CT molecular complexity index is 614. The molecule has 7 nitrogen and oxygen atoms in total. The molecule has 0 aromatic heterocycles. The summed E-state index contributed by atoms with van der Waals surface area (Å²) in [6, 6.07) is 3.66. The molecule has 0 atom stereocenters. The van der Waals surface area contributed by atoms with Gasteiger partial charge >= 0.3 is 0 Å². The van der Waals surface area contributed by atoms with Crippen molar-refractivity contribution in [3.8, 4) is 0 Å². The summed E-state index contributed by atoms with van der Waals surface area (Å²) in [5, 5.41) is 13.4. The number of sulfonamides is 1. The van der Waals surface area contributed by atoms with Crippen molar-refractivity contribution < 1.29 is 13.3 Å². The number of anilines is 1. The Hall–Kier alpha value is -1.38. The predicted octanol–water partition coefficient (Wildman–Crippen LogP) is 1.74. The van der Waals surface area contributed by atoms with Gasteiger partial charge in [0.25, 0.3) is 5.69 Å². The fraction of sp³-hybridized carbons (Fsp3) is 0.455. The first-order valence-corrected chi connectivity index (χ1v) is 7.99. The van der Waals surface area contributed by atoms with Gasteiger partial charge in [-0.05, 0) is 32.0 Å². The van der Waals surface area contributed by atoms with Crippen LogP contribution in [0, 0.1) is 10.1 Å². The van der Waals surface area contributed by atoms with Crippen LogP contribution in [0.15, 0.2) is 18.2 Å². The molecule has 0 radical (unpaired) electrons. The zero-order chi connectivity index (χ0) is 14.8. The highest BCUT2D eigenvalue weighted by Gasteiger charge is 2.28. The lowest BCUT2D eigenvalue weighted by atomic mass is 10.2. The molecule has 0 amide bonds. The van der Waals surface area contributed by atoms with Gasteiger partial charge in [-0.3, -0.25) is 14.8 Å². The number of nitrogens with zero attached hydrogens (tertiary/aromatic N) is 1. The number of piperidine rings is 1. The number of nitrogens with one attached hydrogen (secondary N) is 2. The number of rotatable bonds is 4. The first-order chi connectivity index (χ1) is 9.40. The molecule has 0 aliphatic carbocycles. The van der Waals surface area contributed by atoms with Crippen LogP contribution in [0.1, 0.15) is 12.8 Å². The van der Waals surface area contributed by atoms with E-state index in [0.717, 1.165) is 6.07 Å². The van der Waals surface area contributed by atoms with Crippen molar-refractivity contribution in [2.24, 2.45) is 0 Å². The second-order valence-corrected chi connectivity index (χ2v) is 6.89. The Morgan fingerprint density at radius 3 is 2.60 bits per heavy atom. The number of benzene rings is 1. The average Bonchev–Trinajstić information content (AvgIpc) is 2.42. The topological polar surface area (TPSA) is 101 Å². The van der Waals surface area contributed by atoms with Crippen LogP contribution in [0.25, 0.3) is 0 Å². The molecule has 20 heavy (non-hydrogen) atoms. The predicted molar refractivity (Wildman–Crippen MR) is 76.5 cm³/mol. The molecular weight excluding hydrogens is 306 g/mol. The maximum atomic E-state index is 12.2. The molecule has 1 fully saturated rings. The van der Waals surface area contributed by atoms with Gasteiger partial charge in [-0.2, -0.15) is 0 Å². The van der Waals surface area contributed by atoms with E-state index in [1.807, 2.05) is 0 Å². The van der Waals surface area contributed by atoms with Crippen molar-refractivity contribution >= 4 is 33.0 Å². The summed E-state index contributed by atoms with van der Waals surface area (Å²) in [5.74, 6) is 0. The van der Waals surface area contributed by atoms with E-state index in [1.165, 1.54) is 12.1 Å². The Morgan fingerprint density at radius 1 is 1.35 bits per heavy atom. The van der Waals surface area contributed by atoms with Gasteiger partial charge in [-0.15, -0.1) is 0 Å². The van der Waals surface area contributed by atoms with E-state index in [2.05, 4.69) is 10.0 Å². The molecular formula is C11H14ClN3O4S.